The summed E-state index contributed by atoms with van der Waals surface area (Å²) in [4.78, 5) is 6.94. The van der Waals surface area contributed by atoms with Crippen molar-refractivity contribution in [3.63, 3.8) is 0 Å². The number of rotatable bonds is 10. The van der Waals surface area contributed by atoms with Gasteiger partial charge >= 0.3 is 0 Å². The van der Waals surface area contributed by atoms with Gasteiger partial charge in [-0.15, -0.1) is 0 Å². The molecule has 0 amide bonds. The number of nitrogens with two attached hydrogens (primary N) is 3. The number of aromatic nitrogens is 2. The van der Waals surface area contributed by atoms with E-state index in [1.807, 2.05) is 0 Å². The number of hydrogen-bond acceptors (Lipinski definition) is 8. The molecule has 0 bridgehead atoms. The second kappa shape index (κ2) is 16.5. The average Bonchev–Trinajstić information content (AvgIpc) is 3.46. The summed E-state index contributed by atoms with van der Waals surface area (Å²) < 4.78 is 82.8. The third-order valence-electron chi connectivity index (χ3n) is 8.08. The lowest BCUT2D eigenvalue weighted by Gasteiger charge is -2.18. The van der Waals surface area contributed by atoms with Crippen molar-refractivity contribution in [2.75, 3.05) is 18.4 Å². The molecule has 7 N–H and O–H groups in total. The third-order valence-corrected chi connectivity index (χ3v) is 9.70. The van der Waals surface area contributed by atoms with E-state index in [1.165, 1.54) is 37.5 Å². The quantitative estimate of drug-likeness (QED) is 0.251. The van der Waals surface area contributed by atoms with Crippen molar-refractivity contribution in [3.05, 3.63) is 42.3 Å². The Hall–Kier alpha value is -2.33. The molecule has 4 atom stereocenters. The summed E-state index contributed by atoms with van der Waals surface area (Å²) in [6.07, 6.45) is 6.36. The average molecular weight is 679 g/mol. The van der Waals surface area contributed by atoms with E-state index >= 15 is 0 Å². The maximum atomic E-state index is 14.1. The Labute approximate surface area is 266 Å². The van der Waals surface area contributed by atoms with Crippen LogP contribution in [0.25, 0.3) is 0 Å². The Kier molecular flexibility index (Phi) is 14.2. The molecule has 15 heteroatoms. The van der Waals surface area contributed by atoms with Gasteiger partial charge in [0.15, 0.2) is 10.1 Å². The molecule has 2 saturated carbocycles. The van der Waals surface area contributed by atoms with E-state index < -0.39 is 43.4 Å². The van der Waals surface area contributed by atoms with Gasteiger partial charge in [-0.1, -0.05) is 39.8 Å². The minimum absolute atomic E-state index is 0.123. The Morgan fingerprint density at radius 2 is 1.29 bits per heavy atom. The summed E-state index contributed by atoms with van der Waals surface area (Å²) in [7, 11) is -7.72. The van der Waals surface area contributed by atoms with Gasteiger partial charge in [0, 0.05) is 13.1 Å². The predicted octanol–water partition coefficient (Wildman–Crippen LogP) is 5.06. The number of nitrogens with one attached hydrogen (secondary N) is 1. The molecule has 4 unspecified atom stereocenters. The lowest BCUT2D eigenvalue weighted by molar-refractivity contribution is 0.262. The molecule has 2 fully saturated rings. The van der Waals surface area contributed by atoms with Gasteiger partial charge in [-0.05, 0) is 98.3 Å². The van der Waals surface area contributed by atoms with Crippen LogP contribution in [0.2, 0.25) is 0 Å². The molecule has 4 rings (SSSR count). The van der Waals surface area contributed by atoms with E-state index in [-0.39, 0.29) is 18.1 Å². The largest absolute Gasteiger partial charge is 0.367 e. The molecule has 2 aromatic rings. The highest BCUT2D eigenvalue weighted by molar-refractivity contribution is 7.89. The first-order valence-electron chi connectivity index (χ1n) is 15.1. The lowest BCUT2D eigenvalue weighted by Crippen LogP contribution is -2.20. The molecular weight excluding hydrogens is 629 g/mol. The van der Waals surface area contributed by atoms with Crippen LogP contribution >= 0.6 is 0 Å². The SMILES string of the molecule is CC1(C)CCC(CC(F)CN)C1.CC1(C)CCC(CC(F)CNc2cccc(S(N)(=O)=O)n2)C1.NS(=O)(=O)c1cccc(F)n1. The fourth-order valence-electron chi connectivity index (χ4n) is 5.90. The molecule has 0 radical (unpaired) electrons. The topological polar surface area (TPSA) is 184 Å². The lowest BCUT2D eigenvalue weighted by atomic mass is 9.89. The molecule has 0 saturated heterocycles. The number of primary sulfonamides is 2. The van der Waals surface area contributed by atoms with Crippen molar-refractivity contribution in [2.24, 2.45) is 38.7 Å². The zero-order valence-electron chi connectivity index (χ0n) is 26.6. The molecule has 2 aromatic heterocycles. The summed E-state index contributed by atoms with van der Waals surface area (Å²) in [6.45, 7) is 9.29. The van der Waals surface area contributed by atoms with Crippen molar-refractivity contribution in [1.29, 1.82) is 0 Å². The molecule has 2 aliphatic rings. The van der Waals surface area contributed by atoms with E-state index in [9.17, 15) is 30.0 Å². The summed E-state index contributed by atoms with van der Waals surface area (Å²) in [5.41, 5.74) is 6.01. The van der Waals surface area contributed by atoms with Crippen LogP contribution < -0.4 is 21.3 Å². The first-order valence-corrected chi connectivity index (χ1v) is 18.2. The van der Waals surface area contributed by atoms with Crippen LogP contribution in [0, 0.1) is 28.6 Å². The van der Waals surface area contributed by atoms with Gasteiger partial charge in [0.2, 0.25) is 5.95 Å². The molecule has 2 heterocycles. The minimum atomic E-state index is -3.88. The number of halogens is 3. The molecule has 45 heavy (non-hydrogen) atoms. The highest BCUT2D eigenvalue weighted by Gasteiger charge is 2.33. The highest BCUT2D eigenvalue weighted by Crippen LogP contribution is 2.43. The zero-order valence-corrected chi connectivity index (χ0v) is 28.2. The number of alkyl halides is 2. The molecule has 0 aliphatic heterocycles. The van der Waals surface area contributed by atoms with Crippen LogP contribution in [0.15, 0.2) is 46.5 Å². The molecule has 0 spiro atoms. The normalized spacial score (nSPS) is 21.9. The number of anilines is 1. The maximum absolute atomic E-state index is 14.1. The van der Waals surface area contributed by atoms with Gasteiger partial charge in [-0.2, -0.15) is 4.39 Å². The van der Waals surface area contributed by atoms with E-state index in [0.29, 0.717) is 41.3 Å². The van der Waals surface area contributed by atoms with Crippen LogP contribution in [0.3, 0.4) is 0 Å². The Morgan fingerprint density at radius 3 is 1.69 bits per heavy atom. The van der Waals surface area contributed by atoms with E-state index in [4.69, 9.17) is 10.9 Å². The second-order valence-corrected chi connectivity index (χ2v) is 16.6. The van der Waals surface area contributed by atoms with Crippen molar-refractivity contribution in [1.82, 2.24) is 9.97 Å². The monoisotopic (exact) mass is 678 g/mol. The van der Waals surface area contributed by atoms with Crippen molar-refractivity contribution in [3.8, 4) is 0 Å². The van der Waals surface area contributed by atoms with Crippen LogP contribution in [0.5, 0.6) is 0 Å². The maximum Gasteiger partial charge on any atom is 0.255 e. The fraction of sp³-hybridized carbons (Fsp3) is 0.667. The van der Waals surface area contributed by atoms with Crippen molar-refractivity contribution >= 4 is 25.9 Å². The van der Waals surface area contributed by atoms with Crippen LogP contribution in [0.1, 0.15) is 79.1 Å². The van der Waals surface area contributed by atoms with Gasteiger partial charge in [0.25, 0.3) is 20.0 Å². The number of hydrogen-bond donors (Lipinski definition) is 4. The van der Waals surface area contributed by atoms with Gasteiger partial charge < -0.3 is 11.1 Å². The summed E-state index contributed by atoms with van der Waals surface area (Å²) in [5, 5.41) is 11.9. The minimum Gasteiger partial charge on any atom is -0.367 e. The van der Waals surface area contributed by atoms with Crippen LogP contribution in [-0.4, -0.2) is 52.2 Å². The summed E-state index contributed by atoms with van der Waals surface area (Å²) >= 11 is 0. The zero-order chi connectivity index (χ0) is 34.1. The van der Waals surface area contributed by atoms with Gasteiger partial charge in [0.1, 0.15) is 18.2 Å². The standard InChI is InChI=1S/C15H24FN3O2S.C10H20FN.C5H5FN2O2S/c1-15(2)7-6-11(9-15)8-12(16)10-18-13-4-3-5-14(19-13)22(17,20)21;1-10(2)4-3-8(6-10)5-9(11)7-12;6-4-2-1-3-5(8-4)11(7,9)10/h3-5,11-12H,6-10H2,1-2H3,(H,18,19)(H2,17,20,21);8-9H,3-7,12H2,1-2H3;1-3H,(H2,7,9,10). The van der Waals surface area contributed by atoms with E-state index in [0.717, 1.165) is 31.4 Å². The van der Waals surface area contributed by atoms with Gasteiger partial charge in [0.05, 0.1) is 0 Å². The van der Waals surface area contributed by atoms with Gasteiger partial charge in [-0.25, -0.2) is 45.9 Å². The van der Waals surface area contributed by atoms with Crippen molar-refractivity contribution < 1.29 is 30.0 Å². The molecule has 10 nitrogen and oxygen atoms in total. The summed E-state index contributed by atoms with van der Waals surface area (Å²) in [5.74, 6) is 0.464. The third kappa shape index (κ3) is 14.8. The number of nitrogens with zero attached hydrogens (tertiary/aromatic N) is 2. The molecule has 256 valence electrons. The van der Waals surface area contributed by atoms with Crippen LogP contribution in [0.4, 0.5) is 19.0 Å². The van der Waals surface area contributed by atoms with Crippen LogP contribution in [-0.2, 0) is 20.0 Å². The van der Waals surface area contributed by atoms with E-state index in [2.05, 4.69) is 48.1 Å². The number of sulfonamides is 2. The molecule has 2 aliphatic carbocycles. The summed E-state index contributed by atoms with van der Waals surface area (Å²) in [6, 6.07) is 7.82. The first kappa shape index (κ1) is 38.9. The molecule has 0 aromatic carbocycles. The number of pyridine rings is 2. The first-order chi connectivity index (χ1) is 20.7. The van der Waals surface area contributed by atoms with Crippen molar-refractivity contribution in [2.45, 2.75) is 101 Å². The highest BCUT2D eigenvalue weighted by atomic mass is 32.2. The fourth-order valence-corrected chi connectivity index (χ4v) is 6.88. The smallest absolute Gasteiger partial charge is 0.255 e. The second-order valence-electron chi connectivity index (χ2n) is 13.6. The van der Waals surface area contributed by atoms with Gasteiger partial charge in [-0.3, -0.25) is 0 Å². The Bertz CT molecular complexity index is 1440. The molecular formula is C30H49F3N6O4S2. The van der Waals surface area contributed by atoms with E-state index in [1.54, 1.807) is 6.07 Å². The Morgan fingerprint density at radius 1 is 0.822 bits per heavy atom. The predicted molar refractivity (Wildman–Crippen MR) is 170 cm³/mol. The Balaban J connectivity index is 0.000000259.